The van der Waals surface area contributed by atoms with Crippen molar-refractivity contribution in [3.63, 3.8) is 0 Å². The number of amides is 1. The summed E-state index contributed by atoms with van der Waals surface area (Å²) in [5, 5.41) is 7.58. The molecule has 0 aliphatic carbocycles. The number of aromatic nitrogens is 4. The van der Waals surface area contributed by atoms with Gasteiger partial charge in [-0.1, -0.05) is 0 Å². The second-order valence-electron chi connectivity index (χ2n) is 9.28. The fourth-order valence-corrected chi connectivity index (χ4v) is 4.70. The van der Waals surface area contributed by atoms with E-state index in [-0.39, 0.29) is 34.8 Å². The molecule has 0 radical (unpaired) electrons. The number of hydrogen-bond donors (Lipinski definition) is 1. The van der Waals surface area contributed by atoms with Crippen LogP contribution in [0.15, 0.2) is 24.4 Å². The van der Waals surface area contributed by atoms with E-state index in [1.807, 2.05) is 36.5 Å². The third-order valence-corrected chi connectivity index (χ3v) is 6.44. The van der Waals surface area contributed by atoms with Crippen LogP contribution in [0.1, 0.15) is 26.5 Å². The van der Waals surface area contributed by atoms with Crippen molar-refractivity contribution in [3.8, 4) is 11.3 Å². The molecule has 0 saturated heterocycles. The summed E-state index contributed by atoms with van der Waals surface area (Å²) in [5.74, 6) is -0.788. The van der Waals surface area contributed by atoms with Crippen molar-refractivity contribution in [1.29, 1.82) is 0 Å². The molecule has 184 valence electrons. The zero-order valence-corrected chi connectivity index (χ0v) is 20.2. The van der Waals surface area contributed by atoms with E-state index in [0.29, 0.717) is 24.6 Å². The largest absolute Gasteiger partial charge is 0.366 e. The third-order valence-electron chi connectivity index (χ3n) is 6.44. The van der Waals surface area contributed by atoms with E-state index < -0.39 is 11.6 Å². The van der Waals surface area contributed by atoms with Crippen molar-refractivity contribution in [2.75, 3.05) is 41.8 Å². The van der Waals surface area contributed by atoms with Gasteiger partial charge in [-0.05, 0) is 33.0 Å². The molecule has 1 aromatic carbocycles. The fourth-order valence-electron chi connectivity index (χ4n) is 4.70. The molecule has 2 aliphatic heterocycles. The van der Waals surface area contributed by atoms with Crippen LogP contribution in [-0.4, -0.2) is 63.3 Å². The van der Waals surface area contributed by atoms with Gasteiger partial charge in [0.05, 0.1) is 24.1 Å². The van der Waals surface area contributed by atoms with Crippen molar-refractivity contribution in [2.24, 2.45) is 0 Å². The number of nitrogens with zero attached hydrogens (tertiary/aromatic N) is 7. The van der Waals surface area contributed by atoms with Crippen molar-refractivity contribution in [2.45, 2.75) is 39.9 Å². The van der Waals surface area contributed by atoms with Crippen LogP contribution in [0.4, 0.5) is 31.9 Å². The number of nitrogens with one attached hydrogen (secondary N) is 1. The van der Waals surface area contributed by atoms with Gasteiger partial charge in [0.1, 0.15) is 17.2 Å². The van der Waals surface area contributed by atoms with Gasteiger partial charge in [0, 0.05) is 50.8 Å². The molecule has 9 nitrogen and oxygen atoms in total. The van der Waals surface area contributed by atoms with Gasteiger partial charge >= 0.3 is 0 Å². The summed E-state index contributed by atoms with van der Waals surface area (Å²) >= 11 is 0. The van der Waals surface area contributed by atoms with Gasteiger partial charge in [0.2, 0.25) is 11.9 Å². The van der Waals surface area contributed by atoms with Crippen molar-refractivity contribution < 1.29 is 13.6 Å². The highest BCUT2D eigenvalue weighted by molar-refractivity contribution is 5.97. The van der Waals surface area contributed by atoms with Crippen LogP contribution < -0.4 is 15.1 Å². The monoisotopic (exact) mass is 482 g/mol. The molecule has 1 N–H and O–H groups in total. The predicted octanol–water partition coefficient (Wildman–Crippen LogP) is 3.39. The molecule has 0 fully saturated rings. The van der Waals surface area contributed by atoms with Gasteiger partial charge in [-0.2, -0.15) is 5.10 Å². The molecular weight excluding hydrogens is 454 g/mol. The summed E-state index contributed by atoms with van der Waals surface area (Å²) < 4.78 is 32.2. The topological polar surface area (TPSA) is 82.4 Å². The highest BCUT2D eigenvalue weighted by Gasteiger charge is 2.30. The quantitative estimate of drug-likeness (QED) is 0.610. The molecule has 2 aromatic heterocycles. The summed E-state index contributed by atoms with van der Waals surface area (Å²) in [6, 6.07) is 4.89. The molecule has 3 aromatic rings. The Kier molecular flexibility index (Phi) is 5.87. The molecule has 5 rings (SSSR count). The third kappa shape index (κ3) is 4.31. The highest BCUT2D eigenvalue weighted by Crippen LogP contribution is 2.40. The minimum Gasteiger partial charge on any atom is -0.366 e. The summed E-state index contributed by atoms with van der Waals surface area (Å²) in [4.78, 5) is 26.2. The van der Waals surface area contributed by atoms with Gasteiger partial charge in [0.15, 0.2) is 11.6 Å². The number of hydrogen-bond acceptors (Lipinski definition) is 7. The minimum atomic E-state index is -0.670. The lowest BCUT2D eigenvalue weighted by molar-refractivity contribution is -0.116. The molecular formula is C24H28F2N8O. The number of benzene rings is 1. The molecule has 4 heterocycles. The first-order valence-corrected chi connectivity index (χ1v) is 11.6. The predicted molar refractivity (Wildman–Crippen MR) is 130 cm³/mol. The smallest absolute Gasteiger partial charge is 0.229 e. The van der Waals surface area contributed by atoms with E-state index in [9.17, 15) is 9.18 Å². The normalized spacial score (nSPS) is 15.9. The first-order chi connectivity index (χ1) is 16.7. The van der Waals surface area contributed by atoms with Crippen LogP contribution in [0.25, 0.3) is 11.3 Å². The second-order valence-corrected chi connectivity index (χ2v) is 9.28. The lowest BCUT2D eigenvalue weighted by Crippen LogP contribution is -2.46. The Morgan fingerprint density at radius 3 is 2.63 bits per heavy atom. The maximum atomic E-state index is 15.4. The number of halogens is 2. The van der Waals surface area contributed by atoms with Crippen LogP contribution in [0.2, 0.25) is 0 Å². The van der Waals surface area contributed by atoms with E-state index in [1.165, 1.54) is 17.9 Å². The first-order valence-electron chi connectivity index (χ1n) is 11.6. The van der Waals surface area contributed by atoms with Crippen LogP contribution in [0.5, 0.6) is 0 Å². The zero-order chi connectivity index (χ0) is 24.9. The summed E-state index contributed by atoms with van der Waals surface area (Å²) in [7, 11) is 2.05. The molecule has 0 saturated carbocycles. The number of carbonyl (C=O) groups is 1. The average Bonchev–Trinajstić information content (AvgIpc) is 3.20. The molecule has 0 unspecified atom stereocenters. The maximum Gasteiger partial charge on any atom is 0.229 e. The number of rotatable bonds is 4. The number of carbonyl (C=O) groups excluding carboxylic acids is 1. The minimum absolute atomic E-state index is 0.0310. The number of fused-ring (bicyclic) bond motifs is 2. The van der Waals surface area contributed by atoms with Crippen molar-refractivity contribution in [1.82, 2.24) is 24.6 Å². The SMILES string of the molecule is CC(=O)N1CCN(C(C)C)c2cc(-c3nc(Nc4cc5n(n4)CCN(C)C5)ncc3F)cc(F)c21. The van der Waals surface area contributed by atoms with E-state index in [4.69, 9.17) is 0 Å². The molecule has 11 heteroatoms. The Labute approximate surface area is 202 Å². The molecule has 0 atom stereocenters. The van der Waals surface area contributed by atoms with Crippen LogP contribution in [-0.2, 0) is 17.9 Å². The number of likely N-dealkylation sites (N-methyl/N-ethyl adjacent to an activating group) is 1. The summed E-state index contributed by atoms with van der Waals surface area (Å²) in [6.07, 6.45) is 1.06. The second kappa shape index (κ2) is 8.88. The van der Waals surface area contributed by atoms with E-state index in [1.54, 1.807) is 6.07 Å². The Morgan fingerprint density at radius 1 is 1.09 bits per heavy atom. The summed E-state index contributed by atoms with van der Waals surface area (Å²) in [5.41, 5.74) is 2.05. The lowest BCUT2D eigenvalue weighted by Gasteiger charge is -2.40. The van der Waals surface area contributed by atoms with Crippen LogP contribution in [0.3, 0.4) is 0 Å². The van der Waals surface area contributed by atoms with E-state index in [2.05, 4.69) is 25.3 Å². The Morgan fingerprint density at radius 2 is 1.89 bits per heavy atom. The van der Waals surface area contributed by atoms with Gasteiger partial charge in [0.25, 0.3) is 0 Å². The van der Waals surface area contributed by atoms with Crippen molar-refractivity contribution >= 4 is 29.0 Å². The lowest BCUT2D eigenvalue weighted by atomic mass is 10.0. The highest BCUT2D eigenvalue weighted by atomic mass is 19.1. The summed E-state index contributed by atoms with van der Waals surface area (Å²) in [6.45, 7) is 8.80. The fraction of sp³-hybridized carbons (Fsp3) is 0.417. The van der Waals surface area contributed by atoms with Gasteiger partial charge in [-0.15, -0.1) is 0 Å². The van der Waals surface area contributed by atoms with Gasteiger partial charge in [-0.25, -0.2) is 18.7 Å². The average molecular weight is 483 g/mol. The van der Waals surface area contributed by atoms with Gasteiger partial charge < -0.3 is 15.1 Å². The number of anilines is 4. The maximum absolute atomic E-state index is 15.4. The molecule has 2 aliphatic rings. The van der Waals surface area contributed by atoms with Crippen molar-refractivity contribution in [3.05, 3.63) is 41.7 Å². The van der Waals surface area contributed by atoms with Gasteiger partial charge in [-0.3, -0.25) is 14.4 Å². The van der Waals surface area contributed by atoms with Crippen LogP contribution >= 0.6 is 0 Å². The molecule has 0 spiro atoms. The molecule has 1 amide bonds. The van der Waals surface area contributed by atoms with Crippen LogP contribution in [0, 0.1) is 11.6 Å². The standard InChI is InChI=1S/C24H28F2N8O/c1-14(2)32-6-7-33(15(3)35)23-18(25)9-16(10-20(23)32)22-19(26)12-27-24(29-22)28-21-11-17-13-31(4)5-8-34(17)30-21/h9-12,14H,5-8,13H2,1-4H3,(H,27,28,29,30). The Bertz CT molecular complexity index is 1290. The first kappa shape index (κ1) is 23.2. The van der Waals surface area contributed by atoms with E-state index in [0.717, 1.165) is 31.5 Å². The molecule has 0 bridgehead atoms. The zero-order valence-electron chi connectivity index (χ0n) is 20.2. The Hall–Kier alpha value is -3.60. The van der Waals surface area contributed by atoms with E-state index >= 15 is 4.39 Å². The molecule has 35 heavy (non-hydrogen) atoms. The Balaban J connectivity index is 1.52.